The Balaban J connectivity index is 1.70. The van der Waals surface area contributed by atoms with Crippen molar-refractivity contribution in [1.82, 2.24) is 20.2 Å². The van der Waals surface area contributed by atoms with Gasteiger partial charge in [-0.05, 0) is 30.8 Å². The molecule has 0 atom stereocenters. The summed E-state index contributed by atoms with van der Waals surface area (Å²) < 4.78 is 0. The Morgan fingerprint density at radius 2 is 2.00 bits per heavy atom. The van der Waals surface area contributed by atoms with Gasteiger partial charge in [0.15, 0.2) is 0 Å². The number of anilines is 1. The zero-order chi connectivity index (χ0) is 20.6. The first-order valence-electron chi connectivity index (χ1n) is 10.3. The Kier molecular flexibility index (Phi) is 6.61. The van der Waals surface area contributed by atoms with Gasteiger partial charge in [-0.3, -0.25) is 15.0 Å². The molecule has 2 aliphatic rings. The van der Waals surface area contributed by atoms with Crippen molar-refractivity contribution in [3.05, 3.63) is 71.7 Å². The Hall–Kier alpha value is -3.32. The molecule has 0 aromatic carbocycles. The number of amidine groups is 1. The summed E-state index contributed by atoms with van der Waals surface area (Å²) in [5.41, 5.74) is 4.09. The van der Waals surface area contributed by atoms with Crippen molar-refractivity contribution in [3.63, 3.8) is 0 Å². The van der Waals surface area contributed by atoms with Gasteiger partial charge in [-0.1, -0.05) is 24.3 Å². The number of aromatic nitrogens is 2. The molecule has 2 N–H and O–H groups in total. The number of rotatable bonds is 4. The molecular formula is C23H27N7. The van der Waals surface area contributed by atoms with E-state index in [4.69, 9.17) is 4.99 Å². The molecule has 4 rings (SSSR count). The SMILES string of the molecule is C=Nc1cnccc1/C(=N\Cc1ccnc2c1C/C=C\C=C/CN2)N1CCNCC1. The molecule has 2 aliphatic heterocycles. The van der Waals surface area contributed by atoms with E-state index in [-0.39, 0.29) is 0 Å². The summed E-state index contributed by atoms with van der Waals surface area (Å²) in [6.45, 7) is 8.74. The number of nitrogens with zero attached hydrogens (tertiary/aromatic N) is 5. The molecule has 0 aliphatic carbocycles. The fourth-order valence-electron chi connectivity index (χ4n) is 3.72. The first kappa shape index (κ1) is 20.0. The van der Waals surface area contributed by atoms with Crippen LogP contribution in [0.25, 0.3) is 0 Å². The molecule has 0 saturated carbocycles. The van der Waals surface area contributed by atoms with Gasteiger partial charge in [-0.15, -0.1) is 0 Å². The predicted octanol–water partition coefficient (Wildman–Crippen LogP) is 2.74. The number of allylic oxidation sites excluding steroid dienone is 3. The normalized spacial score (nSPS) is 18.9. The quantitative estimate of drug-likeness (QED) is 0.608. The third-order valence-corrected chi connectivity index (χ3v) is 5.27. The van der Waals surface area contributed by atoms with Gasteiger partial charge in [-0.25, -0.2) is 4.98 Å². The maximum absolute atomic E-state index is 5.09. The fourth-order valence-corrected chi connectivity index (χ4v) is 3.72. The maximum Gasteiger partial charge on any atom is 0.133 e. The summed E-state index contributed by atoms with van der Waals surface area (Å²) in [5, 5.41) is 6.82. The maximum atomic E-state index is 5.09. The average molecular weight is 402 g/mol. The molecule has 30 heavy (non-hydrogen) atoms. The lowest BCUT2D eigenvalue weighted by molar-refractivity contribution is 0.357. The molecule has 1 fully saturated rings. The first-order chi connectivity index (χ1) is 14.9. The van der Waals surface area contributed by atoms with Crippen molar-refractivity contribution in [3.8, 4) is 0 Å². The molecule has 2 aromatic heterocycles. The smallest absolute Gasteiger partial charge is 0.133 e. The Morgan fingerprint density at radius 3 is 2.87 bits per heavy atom. The molecule has 4 heterocycles. The van der Waals surface area contributed by atoms with E-state index in [1.807, 2.05) is 12.3 Å². The second-order valence-corrected chi connectivity index (χ2v) is 7.17. The van der Waals surface area contributed by atoms with Crippen molar-refractivity contribution >= 4 is 24.1 Å². The zero-order valence-electron chi connectivity index (χ0n) is 17.1. The van der Waals surface area contributed by atoms with Gasteiger partial charge in [0.2, 0.25) is 0 Å². The minimum absolute atomic E-state index is 0.575. The zero-order valence-corrected chi connectivity index (χ0v) is 17.1. The highest BCUT2D eigenvalue weighted by Gasteiger charge is 2.19. The van der Waals surface area contributed by atoms with Crippen LogP contribution in [0.4, 0.5) is 11.5 Å². The third kappa shape index (κ3) is 4.63. The fraction of sp³-hybridized carbons (Fsp3) is 0.304. The van der Waals surface area contributed by atoms with Crippen LogP contribution in [0, 0.1) is 0 Å². The van der Waals surface area contributed by atoms with Crippen LogP contribution in [0.5, 0.6) is 0 Å². The largest absolute Gasteiger partial charge is 0.366 e. The molecule has 0 radical (unpaired) electrons. The number of hydrogen-bond donors (Lipinski definition) is 2. The van der Waals surface area contributed by atoms with Gasteiger partial charge in [0.1, 0.15) is 11.7 Å². The lowest BCUT2D eigenvalue weighted by Gasteiger charge is -2.31. The Labute approximate surface area is 177 Å². The van der Waals surface area contributed by atoms with Crippen molar-refractivity contribution < 1.29 is 0 Å². The highest BCUT2D eigenvalue weighted by atomic mass is 15.2. The van der Waals surface area contributed by atoms with E-state index in [1.165, 1.54) is 11.1 Å². The molecular weight excluding hydrogens is 374 g/mol. The Morgan fingerprint density at radius 1 is 1.13 bits per heavy atom. The highest BCUT2D eigenvalue weighted by Crippen LogP contribution is 2.23. The molecule has 1 saturated heterocycles. The molecule has 0 unspecified atom stereocenters. The van der Waals surface area contributed by atoms with Crippen LogP contribution in [-0.4, -0.2) is 60.1 Å². The van der Waals surface area contributed by atoms with Crippen LogP contribution < -0.4 is 10.6 Å². The van der Waals surface area contributed by atoms with Crippen molar-refractivity contribution in [2.45, 2.75) is 13.0 Å². The Bertz CT molecular complexity index is 971. The van der Waals surface area contributed by atoms with E-state index < -0.39 is 0 Å². The molecule has 2 aromatic rings. The minimum atomic E-state index is 0.575. The van der Waals surface area contributed by atoms with E-state index in [2.05, 4.69) is 67.6 Å². The van der Waals surface area contributed by atoms with Gasteiger partial charge in [-0.2, -0.15) is 0 Å². The third-order valence-electron chi connectivity index (χ3n) is 5.27. The van der Waals surface area contributed by atoms with Crippen LogP contribution >= 0.6 is 0 Å². The lowest BCUT2D eigenvalue weighted by atomic mass is 10.1. The van der Waals surface area contributed by atoms with Gasteiger partial charge < -0.3 is 15.5 Å². The highest BCUT2D eigenvalue weighted by molar-refractivity contribution is 6.03. The van der Waals surface area contributed by atoms with Crippen molar-refractivity contribution in [2.75, 3.05) is 38.0 Å². The van der Waals surface area contributed by atoms with E-state index in [9.17, 15) is 0 Å². The van der Waals surface area contributed by atoms with Crippen LogP contribution in [0.1, 0.15) is 16.7 Å². The average Bonchev–Trinajstić information content (AvgIpc) is 2.92. The summed E-state index contributed by atoms with van der Waals surface area (Å²) in [5.74, 6) is 1.88. The minimum Gasteiger partial charge on any atom is -0.366 e. The lowest BCUT2D eigenvalue weighted by Crippen LogP contribution is -2.46. The van der Waals surface area contributed by atoms with Crippen LogP contribution in [0.2, 0.25) is 0 Å². The summed E-state index contributed by atoms with van der Waals surface area (Å²) in [6, 6.07) is 4.04. The van der Waals surface area contributed by atoms with E-state index in [0.29, 0.717) is 6.54 Å². The van der Waals surface area contributed by atoms with Crippen molar-refractivity contribution in [2.24, 2.45) is 9.98 Å². The number of aliphatic imine (C=N–C) groups is 2. The molecule has 7 heteroatoms. The van der Waals surface area contributed by atoms with Gasteiger partial charge >= 0.3 is 0 Å². The van der Waals surface area contributed by atoms with Crippen LogP contribution in [0.3, 0.4) is 0 Å². The topological polar surface area (TPSA) is 77.8 Å². The van der Waals surface area contributed by atoms with E-state index in [0.717, 1.165) is 62.0 Å². The van der Waals surface area contributed by atoms with E-state index >= 15 is 0 Å². The van der Waals surface area contributed by atoms with Crippen molar-refractivity contribution in [1.29, 1.82) is 0 Å². The summed E-state index contributed by atoms with van der Waals surface area (Å²) >= 11 is 0. The second-order valence-electron chi connectivity index (χ2n) is 7.17. The number of fused-ring (bicyclic) bond motifs is 1. The van der Waals surface area contributed by atoms with Gasteiger partial charge in [0, 0.05) is 56.2 Å². The van der Waals surface area contributed by atoms with E-state index in [1.54, 1.807) is 12.4 Å². The predicted molar refractivity (Wildman–Crippen MR) is 123 cm³/mol. The summed E-state index contributed by atoms with van der Waals surface area (Å²) in [6.07, 6.45) is 14.6. The molecule has 7 nitrogen and oxygen atoms in total. The standard InChI is InChI=1S/C23H27N7/c1-24-21-17-26-10-8-20(21)23(30-14-12-25-13-15-30)29-16-18-7-11-28-22-19(18)6-4-2-3-5-9-27-22/h2-5,7-8,10-11,17,25H,1,6,9,12-16H2,(H,27,28)/b4-2-,5-3-,29-23+. The molecule has 154 valence electrons. The summed E-state index contributed by atoms with van der Waals surface area (Å²) in [7, 11) is 0. The number of hydrogen-bond acceptors (Lipinski definition) is 6. The molecule has 0 amide bonds. The second kappa shape index (κ2) is 9.93. The number of pyridine rings is 2. The summed E-state index contributed by atoms with van der Waals surface area (Å²) in [4.78, 5) is 20.3. The van der Waals surface area contributed by atoms with Crippen LogP contribution in [0.15, 0.2) is 65.0 Å². The molecule has 0 bridgehead atoms. The van der Waals surface area contributed by atoms with Gasteiger partial charge in [0.25, 0.3) is 0 Å². The first-order valence-corrected chi connectivity index (χ1v) is 10.3. The molecule has 0 spiro atoms. The van der Waals surface area contributed by atoms with Gasteiger partial charge in [0.05, 0.1) is 18.4 Å². The number of nitrogens with one attached hydrogen (secondary N) is 2. The van der Waals surface area contributed by atoms with Crippen LogP contribution in [-0.2, 0) is 13.0 Å². The number of piperazine rings is 1. The monoisotopic (exact) mass is 401 g/mol.